The van der Waals surface area contributed by atoms with Gasteiger partial charge in [0.1, 0.15) is 5.75 Å². The Balaban J connectivity index is 3.44. The Bertz CT molecular complexity index is 397. The number of carbonyl (C=O) groups is 1. The van der Waals surface area contributed by atoms with Gasteiger partial charge in [0.05, 0.1) is 19.2 Å². The lowest BCUT2D eigenvalue weighted by Crippen LogP contribution is -2.17. The zero-order valence-corrected chi connectivity index (χ0v) is 10.3. The fraction of sp³-hybridized carbons (Fsp3) is 0.462. The van der Waals surface area contributed by atoms with Crippen LogP contribution in [0.25, 0.3) is 0 Å². The van der Waals surface area contributed by atoms with Crippen molar-refractivity contribution in [3.8, 4) is 5.75 Å². The van der Waals surface area contributed by atoms with E-state index in [2.05, 4.69) is 13.8 Å². The van der Waals surface area contributed by atoms with Gasteiger partial charge in [0.15, 0.2) is 5.78 Å². The van der Waals surface area contributed by atoms with Crippen molar-refractivity contribution in [2.24, 2.45) is 5.73 Å². The summed E-state index contributed by atoms with van der Waals surface area (Å²) in [6, 6.07) is 3.95. The van der Waals surface area contributed by atoms with Crippen LogP contribution >= 0.6 is 0 Å². The highest BCUT2D eigenvalue weighted by molar-refractivity contribution is 6.01. The third kappa shape index (κ3) is 2.25. The summed E-state index contributed by atoms with van der Waals surface area (Å²) in [5, 5.41) is 0. The average Bonchev–Trinajstić information content (AvgIpc) is 2.26. The molecule has 1 aromatic carbocycles. The van der Waals surface area contributed by atoms with Gasteiger partial charge < -0.3 is 10.5 Å². The van der Waals surface area contributed by atoms with Crippen molar-refractivity contribution in [1.82, 2.24) is 0 Å². The van der Waals surface area contributed by atoms with E-state index in [1.165, 1.54) is 0 Å². The first-order valence-electron chi connectivity index (χ1n) is 5.43. The molecule has 16 heavy (non-hydrogen) atoms. The van der Waals surface area contributed by atoms with Gasteiger partial charge in [-0.05, 0) is 24.0 Å². The van der Waals surface area contributed by atoms with Gasteiger partial charge in [-0.2, -0.15) is 0 Å². The predicted molar refractivity (Wildman–Crippen MR) is 65.2 cm³/mol. The molecule has 0 bridgehead atoms. The zero-order chi connectivity index (χ0) is 12.3. The van der Waals surface area contributed by atoms with E-state index in [0.29, 0.717) is 17.2 Å². The summed E-state index contributed by atoms with van der Waals surface area (Å²) in [6.07, 6.45) is 0. The number of rotatable bonds is 4. The fourth-order valence-corrected chi connectivity index (χ4v) is 1.82. The minimum absolute atomic E-state index is 0.0126. The monoisotopic (exact) mass is 221 g/mol. The Kier molecular flexibility index (Phi) is 4.07. The van der Waals surface area contributed by atoms with Crippen LogP contribution in [0.5, 0.6) is 5.75 Å². The second kappa shape index (κ2) is 5.12. The number of methoxy groups -OCH3 is 1. The molecule has 0 amide bonds. The van der Waals surface area contributed by atoms with Crippen molar-refractivity contribution in [3.05, 3.63) is 28.8 Å². The molecule has 0 saturated carbocycles. The van der Waals surface area contributed by atoms with Gasteiger partial charge in [-0.3, -0.25) is 4.79 Å². The molecule has 0 atom stereocenters. The Labute approximate surface area is 96.6 Å². The summed E-state index contributed by atoms with van der Waals surface area (Å²) in [5.74, 6) is 0.919. The molecule has 3 heteroatoms. The van der Waals surface area contributed by atoms with E-state index in [1.807, 2.05) is 19.1 Å². The minimum atomic E-state index is -0.0724. The van der Waals surface area contributed by atoms with E-state index >= 15 is 0 Å². The summed E-state index contributed by atoms with van der Waals surface area (Å²) in [7, 11) is 1.59. The maximum Gasteiger partial charge on any atom is 0.180 e. The van der Waals surface area contributed by atoms with Crippen molar-refractivity contribution in [3.63, 3.8) is 0 Å². The molecule has 0 radical (unpaired) electrons. The summed E-state index contributed by atoms with van der Waals surface area (Å²) in [5.41, 5.74) is 8.00. The first-order chi connectivity index (χ1) is 7.52. The second-order valence-corrected chi connectivity index (χ2v) is 4.16. The Morgan fingerprint density at radius 1 is 1.44 bits per heavy atom. The Morgan fingerprint density at radius 2 is 2.06 bits per heavy atom. The van der Waals surface area contributed by atoms with E-state index in [0.717, 1.165) is 11.1 Å². The van der Waals surface area contributed by atoms with Gasteiger partial charge >= 0.3 is 0 Å². The normalized spacial score (nSPS) is 10.6. The van der Waals surface area contributed by atoms with Crippen molar-refractivity contribution < 1.29 is 9.53 Å². The number of benzene rings is 1. The van der Waals surface area contributed by atoms with Crippen LogP contribution in [0, 0.1) is 6.92 Å². The van der Waals surface area contributed by atoms with Gasteiger partial charge in [-0.25, -0.2) is 0 Å². The van der Waals surface area contributed by atoms with Crippen molar-refractivity contribution in [2.75, 3.05) is 13.7 Å². The van der Waals surface area contributed by atoms with Crippen molar-refractivity contribution >= 4 is 5.78 Å². The van der Waals surface area contributed by atoms with Crippen LogP contribution < -0.4 is 10.5 Å². The highest BCUT2D eigenvalue weighted by Gasteiger charge is 2.18. The lowest BCUT2D eigenvalue weighted by Gasteiger charge is -2.17. The van der Waals surface area contributed by atoms with Crippen molar-refractivity contribution in [1.29, 1.82) is 0 Å². The van der Waals surface area contributed by atoms with Gasteiger partial charge in [0, 0.05) is 0 Å². The first-order valence-corrected chi connectivity index (χ1v) is 5.43. The SMILES string of the molecule is COc1c(C(C)C)ccc(C)c1C(=O)CN. The van der Waals surface area contributed by atoms with Crippen LogP contribution in [0.1, 0.15) is 41.3 Å². The molecule has 88 valence electrons. The lowest BCUT2D eigenvalue weighted by molar-refractivity contribution is 0.0997. The van der Waals surface area contributed by atoms with E-state index in [9.17, 15) is 4.79 Å². The maximum absolute atomic E-state index is 11.8. The summed E-state index contributed by atoms with van der Waals surface area (Å²) in [4.78, 5) is 11.8. The lowest BCUT2D eigenvalue weighted by atomic mass is 9.94. The van der Waals surface area contributed by atoms with E-state index in [4.69, 9.17) is 10.5 Å². The van der Waals surface area contributed by atoms with Crippen molar-refractivity contribution in [2.45, 2.75) is 26.7 Å². The molecule has 0 spiro atoms. The number of ether oxygens (including phenoxy) is 1. The Hall–Kier alpha value is -1.35. The van der Waals surface area contributed by atoms with E-state index in [-0.39, 0.29) is 12.3 Å². The van der Waals surface area contributed by atoms with E-state index in [1.54, 1.807) is 7.11 Å². The number of hydrogen-bond acceptors (Lipinski definition) is 3. The number of Topliss-reactive ketones (excluding diaryl/α,β-unsaturated/α-hetero) is 1. The average molecular weight is 221 g/mol. The van der Waals surface area contributed by atoms with Gasteiger partial charge in [0.25, 0.3) is 0 Å². The number of hydrogen-bond donors (Lipinski definition) is 1. The number of carbonyl (C=O) groups excluding carboxylic acids is 1. The molecule has 2 N–H and O–H groups in total. The summed E-state index contributed by atoms with van der Waals surface area (Å²) in [6.45, 7) is 6.06. The third-order valence-electron chi connectivity index (χ3n) is 2.69. The molecule has 3 nitrogen and oxygen atoms in total. The molecule has 0 unspecified atom stereocenters. The predicted octanol–water partition coefficient (Wildman–Crippen LogP) is 2.27. The summed E-state index contributed by atoms with van der Waals surface area (Å²) < 4.78 is 5.37. The third-order valence-corrected chi connectivity index (χ3v) is 2.69. The van der Waals surface area contributed by atoms with Gasteiger partial charge in [-0.1, -0.05) is 26.0 Å². The molecule has 0 aliphatic rings. The largest absolute Gasteiger partial charge is 0.496 e. The van der Waals surface area contributed by atoms with Gasteiger partial charge in [0.2, 0.25) is 0 Å². The van der Waals surface area contributed by atoms with Crippen LogP contribution in [-0.2, 0) is 0 Å². The zero-order valence-electron chi connectivity index (χ0n) is 10.3. The molecule has 0 aliphatic heterocycles. The highest BCUT2D eigenvalue weighted by atomic mass is 16.5. The maximum atomic E-state index is 11.8. The molecular weight excluding hydrogens is 202 g/mol. The highest BCUT2D eigenvalue weighted by Crippen LogP contribution is 2.32. The molecule has 0 heterocycles. The Morgan fingerprint density at radius 3 is 2.50 bits per heavy atom. The van der Waals surface area contributed by atoms with Crippen LogP contribution in [0.2, 0.25) is 0 Å². The smallest absolute Gasteiger partial charge is 0.180 e. The van der Waals surface area contributed by atoms with Gasteiger partial charge in [-0.15, -0.1) is 0 Å². The number of ketones is 1. The quantitative estimate of drug-likeness (QED) is 0.793. The fourth-order valence-electron chi connectivity index (χ4n) is 1.82. The molecule has 0 fully saturated rings. The van der Waals surface area contributed by atoms with Crippen LogP contribution in [0.3, 0.4) is 0 Å². The minimum Gasteiger partial charge on any atom is -0.496 e. The molecule has 1 aromatic rings. The molecule has 0 aromatic heterocycles. The van der Waals surface area contributed by atoms with Crippen LogP contribution in [0.15, 0.2) is 12.1 Å². The van der Waals surface area contributed by atoms with E-state index < -0.39 is 0 Å². The number of nitrogens with two attached hydrogens (primary N) is 1. The topological polar surface area (TPSA) is 52.3 Å². The standard InChI is InChI=1S/C13H19NO2/c1-8(2)10-6-5-9(3)12(11(15)7-14)13(10)16-4/h5-6,8H,7,14H2,1-4H3. The molecule has 0 saturated heterocycles. The molecule has 0 aliphatic carbocycles. The van der Waals surface area contributed by atoms with Crippen LogP contribution in [0.4, 0.5) is 0 Å². The molecular formula is C13H19NO2. The molecule has 1 rings (SSSR count). The summed E-state index contributed by atoms with van der Waals surface area (Å²) >= 11 is 0. The first kappa shape index (κ1) is 12.7. The van der Waals surface area contributed by atoms with Crippen LogP contribution in [-0.4, -0.2) is 19.4 Å². The second-order valence-electron chi connectivity index (χ2n) is 4.16. The number of aryl methyl sites for hydroxylation is 1.